The van der Waals surface area contributed by atoms with E-state index in [9.17, 15) is 0 Å². The minimum atomic E-state index is 1.03. The Hall–Kier alpha value is -1.44. The molecule has 0 bridgehead atoms. The molecule has 1 aromatic heterocycles. The van der Waals surface area contributed by atoms with Crippen LogP contribution in [0.3, 0.4) is 0 Å². The number of pyridine rings is 1. The van der Waals surface area contributed by atoms with Gasteiger partial charge < -0.3 is 0 Å². The van der Waals surface area contributed by atoms with Gasteiger partial charge in [0.25, 0.3) is 0 Å². The monoisotopic (exact) mass is 188 g/mol. The van der Waals surface area contributed by atoms with Crippen molar-refractivity contribution in [1.82, 2.24) is 4.98 Å². The molecule has 0 spiro atoms. The summed E-state index contributed by atoms with van der Waals surface area (Å²) in [4.78, 5) is 8.35. The molecule has 0 saturated carbocycles. The summed E-state index contributed by atoms with van der Waals surface area (Å²) >= 11 is 0. The first kappa shape index (κ1) is 10.6. The molecule has 2 heterocycles. The van der Waals surface area contributed by atoms with Gasteiger partial charge in [-0.25, -0.2) is 0 Å². The molecule has 74 valence electrons. The van der Waals surface area contributed by atoms with Gasteiger partial charge in [-0.2, -0.15) is 0 Å². The van der Waals surface area contributed by atoms with Crippen LogP contribution >= 0.6 is 0 Å². The number of nitrogens with zero attached hydrogens (tertiary/aromatic N) is 2. The summed E-state index contributed by atoms with van der Waals surface area (Å²) < 4.78 is 0. The average Bonchev–Trinajstić information content (AvgIpc) is 2.34. The first-order chi connectivity index (χ1) is 6.97. The van der Waals surface area contributed by atoms with Crippen LogP contribution in [0.5, 0.6) is 0 Å². The standard InChI is InChI=1S/C10H10N2.C2H6/c1-2-7-12-10(5-1)9-4-3-6-11-8-9;1-2/h2-4,6-8H,1,5H2;1-2H3. The molecular formula is C12H16N2. The van der Waals surface area contributed by atoms with Crippen LogP contribution in [-0.4, -0.2) is 10.7 Å². The molecule has 2 nitrogen and oxygen atoms in total. The Labute approximate surface area is 85.4 Å². The van der Waals surface area contributed by atoms with Gasteiger partial charge in [0.05, 0.1) is 0 Å². The van der Waals surface area contributed by atoms with Crippen molar-refractivity contribution in [3.63, 3.8) is 0 Å². The largest absolute Gasteiger partial charge is 0.264 e. The molecule has 0 saturated heterocycles. The van der Waals surface area contributed by atoms with E-state index in [0.29, 0.717) is 0 Å². The highest BCUT2D eigenvalue weighted by molar-refractivity contribution is 6.01. The maximum Gasteiger partial charge on any atom is 0.0494 e. The summed E-state index contributed by atoms with van der Waals surface area (Å²) in [6, 6.07) is 3.99. The SMILES string of the molecule is C1=CN=C(c2cccnc2)CC1.CC. The van der Waals surface area contributed by atoms with Gasteiger partial charge in [-0.05, 0) is 18.9 Å². The number of aromatic nitrogens is 1. The van der Waals surface area contributed by atoms with Crippen molar-refractivity contribution in [1.29, 1.82) is 0 Å². The van der Waals surface area contributed by atoms with E-state index in [-0.39, 0.29) is 0 Å². The quantitative estimate of drug-likeness (QED) is 0.664. The predicted molar refractivity (Wildman–Crippen MR) is 60.5 cm³/mol. The minimum absolute atomic E-state index is 1.03. The van der Waals surface area contributed by atoms with Crippen LogP contribution in [0.2, 0.25) is 0 Å². The van der Waals surface area contributed by atoms with Crippen LogP contribution in [0.15, 0.2) is 41.8 Å². The van der Waals surface area contributed by atoms with Crippen molar-refractivity contribution in [2.24, 2.45) is 4.99 Å². The van der Waals surface area contributed by atoms with E-state index < -0.39 is 0 Å². The number of allylic oxidation sites excluding steroid dienone is 1. The van der Waals surface area contributed by atoms with Gasteiger partial charge in [0, 0.05) is 29.9 Å². The highest BCUT2D eigenvalue weighted by atomic mass is 14.7. The Bertz CT molecular complexity index is 312. The molecule has 0 aliphatic carbocycles. The molecule has 0 radical (unpaired) electrons. The summed E-state index contributed by atoms with van der Waals surface area (Å²) in [5.74, 6) is 0. The molecule has 0 aromatic carbocycles. The van der Waals surface area contributed by atoms with Crippen molar-refractivity contribution in [3.8, 4) is 0 Å². The van der Waals surface area contributed by atoms with Crippen LogP contribution in [0, 0.1) is 0 Å². The van der Waals surface area contributed by atoms with Gasteiger partial charge >= 0.3 is 0 Å². The summed E-state index contributed by atoms with van der Waals surface area (Å²) in [6.07, 6.45) is 9.71. The fraction of sp³-hybridized carbons (Fsp3) is 0.333. The van der Waals surface area contributed by atoms with E-state index in [1.807, 2.05) is 38.4 Å². The molecule has 2 heteroatoms. The lowest BCUT2D eigenvalue weighted by Crippen LogP contribution is -2.02. The minimum Gasteiger partial charge on any atom is -0.264 e. The number of hydrogen-bond donors (Lipinski definition) is 0. The van der Waals surface area contributed by atoms with Crippen LogP contribution in [0.1, 0.15) is 32.3 Å². The molecule has 0 unspecified atom stereocenters. The van der Waals surface area contributed by atoms with E-state index in [1.165, 1.54) is 0 Å². The molecule has 14 heavy (non-hydrogen) atoms. The average molecular weight is 188 g/mol. The van der Waals surface area contributed by atoms with Crippen molar-refractivity contribution < 1.29 is 0 Å². The molecule has 1 aliphatic rings. The lowest BCUT2D eigenvalue weighted by atomic mass is 10.1. The van der Waals surface area contributed by atoms with Crippen molar-refractivity contribution in [2.75, 3.05) is 0 Å². The molecule has 1 aromatic rings. The Kier molecular flexibility index (Phi) is 4.62. The Balaban J connectivity index is 0.000000461. The second-order valence-corrected chi connectivity index (χ2v) is 2.74. The summed E-state index contributed by atoms with van der Waals surface area (Å²) in [7, 11) is 0. The van der Waals surface area contributed by atoms with Gasteiger partial charge in [-0.15, -0.1) is 0 Å². The van der Waals surface area contributed by atoms with Crippen LogP contribution in [-0.2, 0) is 0 Å². The van der Waals surface area contributed by atoms with E-state index >= 15 is 0 Å². The lowest BCUT2D eigenvalue weighted by Gasteiger charge is -2.06. The van der Waals surface area contributed by atoms with E-state index in [0.717, 1.165) is 24.1 Å². The normalized spacial score (nSPS) is 14.0. The molecule has 0 atom stereocenters. The van der Waals surface area contributed by atoms with Crippen LogP contribution in [0.25, 0.3) is 0 Å². The van der Waals surface area contributed by atoms with E-state index in [4.69, 9.17) is 0 Å². The third-order valence-corrected chi connectivity index (χ3v) is 1.88. The van der Waals surface area contributed by atoms with Crippen LogP contribution < -0.4 is 0 Å². The Morgan fingerprint density at radius 2 is 2.14 bits per heavy atom. The summed E-state index contributed by atoms with van der Waals surface area (Å²) in [5, 5.41) is 0. The smallest absolute Gasteiger partial charge is 0.0494 e. The van der Waals surface area contributed by atoms with E-state index in [2.05, 4.69) is 16.1 Å². The zero-order chi connectivity index (χ0) is 10.2. The van der Waals surface area contributed by atoms with Crippen LogP contribution in [0.4, 0.5) is 0 Å². The van der Waals surface area contributed by atoms with Crippen molar-refractivity contribution in [3.05, 3.63) is 42.4 Å². The Morgan fingerprint density at radius 1 is 1.29 bits per heavy atom. The lowest BCUT2D eigenvalue weighted by molar-refractivity contribution is 1.06. The molecule has 0 fully saturated rings. The maximum absolute atomic E-state index is 4.30. The second-order valence-electron chi connectivity index (χ2n) is 2.74. The van der Waals surface area contributed by atoms with Gasteiger partial charge in [0.1, 0.15) is 0 Å². The Morgan fingerprint density at radius 3 is 2.71 bits per heavy atom. The van der Waals surface area contributed by atoms with Gasteiger partial charge in [0.15, 0.2) is 0 Å². The third kappa shape index (κ3) is 2.80. The summed E-state index contributed by atoms with van der Waals surface area (Å²) in [6.45, 7) is 4.00. The zero-order valence-corrected chi connectivity index (χ0v) is 8.77. The van der Waals surface area contributed by atoms with E-state index in [1.54, 1.807) is 6.20 Å². The van der Waals surface area contributed by atoms with Crippen molar-refractivity contribution >= 4 is 5.71 Å². The van der Waals surface area contributed by atoms with Gasteiger partial charge in [-0.1, -0.05) is 26.0 Å². The molecular weight excluding hydrogens is 172 g/mol. The molecule has 2 rings (SSSR count). The molecule has 0 N–H and O–H groups in total. The fourth-order valence-corrected chi connectivity index (χ4v) is 1.25. The predicted octanol–water partition coefficient (Wildman–Crippen LogP) is 3.20. The first-order valence-corrected chi connectivity index (χ1v) is 5.09. The zero-order valence-electron chi connectivity index (χ0n) is 8.77. The number of hydrogen-bond acceptors (Lipinski definition) is 2. The second kappa shape index (κ2) is 6.08. The fourth-order valence-electron chi connectivity index (χ4n) is 1.25. The van der Waals surface area contributed by atoms with Gasteiger partial charge in [-0.3, -0.25) is 9.98 Å². The summed E-state index contributed by atoms with van der Waals surface area (Å²) in [5.41, 5.74) is 2.28. The number of aliphatic imine (C=N–C) groups is 1. The van der Waals surface area contributed by atoms with Gasteiger partial charge in [0.2, 0.25) is 0 Å². The highest BCUT2D eigenvalue weighted by Crippen LogP contribution is 2.09. The maximum atomic E-state index is 4.30. The topological polar surface area (TPSA) is 25.2 Å². The van der Waals surface area contributed by atoms with Crippen molar-refractivity contribution in [2.45, 2.75) is 26.7 Å². The molecule has 1 aliphatic heterocycles. The highest BCUT2D eigenvalue weighted by Gasteiger charge is 2.03. The number of rotatable bonds is 1. The molecule has 0 amide bonds. The first-order valence-electron chi connectivity index (χ1n) is 5.09. The third-order valence-electron chi connectivity index (χ3n) is 1.88.